The number of ether oxygens (including phenoxy) is 4. The Hall–Kier alpha value is -2.26. The van der Waals surface area contributed by atoms with Crippen molar-refractivity contribution in [2.45, 2.75) is 0 Å². The van der Waals surface area contributed by atoms with Crippen molar-refractivity contribution >= 4 is 44.0 Å². The van der Waals surface area contributed by atoms with E-state index in [1.165, 1.54) is 13.3 Å². The molecule has 0 bridgehead atoms. The zero-order chi connectivity index (χ0) is 19.8. The molecule has 0 unspecified atom stereocenters. The highest BCUT2D eigenvalue weighted by molar-refractivity contribution is 9.11. The second kappa shape index (κ2) is 10.2. The van der Waals surface area contributed by atoms with E-state index in [4.69, 9.17) is 18.9 Å². The smallest absolute Gasteiger partial charge is 0.277 e. The quantitative estimate of drug-likeness (QED) is 0.440. The third-order valence-electron chi connectivity index (χ3n) is 3.38. The maximum Gasteiger partial charge on any atom is 0.277 e. The molecule has 0 saturated heterocycles. The summed E-state index contributed by atoms with van der Waals surface area (Å²) >= 11 is 6.74. The van der Waals surface area contributed by atoms with Gasteiger partial charge in [0.15, 0.2) is 18.1 Å². The van der Waals surface area contributed by atoms with Gasteiger partial charge in [0, 0.05) is 16.1 Å². The van der Waals surface area contributed by atoms with E-state index in [9.17, 15) is 4.79 Å². The fourth-order valence-electron chi connectivity index (χ4n) is 2.10. The number of hydrogen-bond acceptors (Lipinski definition) is 6. The molecule has 0 fully saturated rings. The van der Waals surface area contributed by atoms with Crippen LogP contribution < -0.4 is 24.4 Å². The number of hydrogen-bond donors (Lipinski definition) is 1. The molecule has 2 aromatic carbocycles. The first-order chi connectivity index (χ1) is 13.0. The summed E-state index contributed by atoms with van der Waals surface area (Å²) in [6.45, 7) is -0.228. The van der Waals surface area contributed by atoms with Crippen LogP contribution in [0.25, 0.3) is 0 Å². The number of amides is 1. The van der Waals surface area contributed by atoms with Crippen LogP contribution in [0.4, 0.5) is 0 Å². The van der Waals surface area contributed by atoms with Crippen molar-refractivity contribution in [2.24, 2.45) is 5.10 Å². The van der Waals surface area contributed by atoms with Crippen LogP contribution in [0.2, 0.25) is 0 Å². The first-order valence-corrected chi connectivity index (χ1v) is 9.26. The average molecular weight is 502 g/mol. The van der Waals surface area contributed by atoms with Gasteiger partial charge in [-0.2, -0.15) is 5.10 Å². The molecule has 2 rings (SSSR count). The Morgan fingerprint density at radius 3 is 2.48 bits per heavy atom. The molecule has 0 radical (unpaired) electrons. The number of methoxy groups -OCH3 is 3. The lowest BCUT2D eigenvalue weighted by Gasteiger charge is -2.12. The minimum atomic E-state index is -0.421. The van der Waals surface area contributed by atoms with Gasteiger partial charge in [-0.05, 0) is 40.2 Å². The molecule has 0 aliphatic carbocycles. The van der Waals surface area contributed by atoms with E-state index in [0.29, 0.717) is 33.0 Å². The summed E-state index contributed by atoms with van der Waals surface area (Å²) in [7, 11) is 4.64. The summed E-state index contributed by atoms with van der Waals surface area (Å²) in [6.07, 6.45) is 1.48. The molecule has 9 heteroatoms. The van der Waals surface area contributed by atoms with Crippen LogP contribution in [0.5, 0.6) is 23.0 Å². The van der Waals surface area contributed by atoms with Crippen LogP contribution in [0.15, 0.2) is 44.4 Å². The van der Waals surface area contributed by atoms with Gasteiger partial charge in [-0.1, -0.05) is 15.9 Å². The summed E-state index contributed by atoms with van der Waals surface area (Å²) in [5.41, 5.74) is 3.09. The number of benzene rings is 2. The van der Waals surface area contributed by atoms with E-state index in [1.54, 1.807) is 44.6 Å². The van der Waals surface area contributed by atoms with Gasteiger partial charge >= 0.3 is 0 Å². The second-order valence-corrected chi connectivity index (χ2v) is 6.88. The number of rotatable bonds is 8. The minimum Gasteiger partial charge on any atom is -0.497 e. The first kappa shape index (κ1) is 21.0. The van der Waals surface area contributed by atoms with Crippen molar-refractivity contribution in [1.82, 2.24) is 5.43 Å². The van der Waals surface area contributed by atoms with E-state index in [2.05, 4.69) is 42.4 Å². The summed E-state index contributed by atoms with van der Waals surface area (Å²) < 4.78 is 22.7. The lowest BCUT2D eigenvalue weighted by atomic mass is 10.2. The van der Waals surface area contributed by atoms with Gasteiger partial charge < -0.3 is 18.9 Å². The summed E-state index contributed by atoms with van der Waals surface area (Å²) in [5.74, 6) is 1.74. The van der Waals surface area contributed by atoms with Crippen LogP contribution in [-0.2, 0) is 4.79 Å². The number of nitrogens with one attached hydrogen (secondary N) is 1. The van der Waals surface area contributed by atoms with Gasteiger partial charge in [-0.3, -0.25) is 4.79 Å². The minimum absolute atomic E-state index is 0.228. The molecule has 0 aliphatic heterocycles. The molecule has 0 aliphatic rings. The fourth-order valence-corrected chi connectivity index (χ4v) is 3.40. The molecule has 0 atom stereocenters. The zero-order valence-corrected chi connectivity index (χ0v) is 18.1. The Bertz CT molecular complexity index is 843. The number of nitrogens with zero attached hydrogens (tertiary/aromatic N) is 1. The van der Waals surface area contributed by atoms with E-state index in [-0.39, 0.29) is 6.61 Å². The van der Waals surface area contributed by atoms with E-state index in [0.717, 1.165) is 4.47 Å². The molecule has 1 amide bonds. The van der Waals surface area contributed by atoms with Crippen molar-refractivity contribution in [3.05, 3.63) is 44.8 Å². The van der Waals surface area contributed by atoms with Crippen molar-refractivity contribution in [1.29, 1.82) is 0 Å². The molecular formula is C18H18Br2N2O5. The molecule has 0 spiro atoms. The lowest BCUT2D eigenvalue weighted by Crippen LogP contribution is -2.24. The Balaban J connectivity index is 1.97. The standard InChI is InChI=1S/C18H18Br2N2O5/c1-24-13-5-4-11(15(8-13)25-2)9-21-22-17(23)10-27-18-14(20)6-12(19)7-16(18)26-3/h4-9H,10H2,1-3H3,(H,22,23)/b21-9-. The average Bonchev–Trinajstić information content (AvgIpc) is 2.66. The maximum absolute atomic E-state index is 12.0. The van der Waals surface area contributed by atoms with Gasteiger partial charge in [0.25, 0.3) is 5.91 Å². The predicted molar refractivity (Wildman–Crippen MR) is 109 cm³/mol. The third kappa shape index (κ3) is 5.86. The van der Waals surface area contributed by atoms with Crippen LogP contribution >= 0.6 is 31.9 Å². The number of carbonyl (C=O) groups is 1. The van der Waals surface area contributed by atoms with E-state index < -0.39 is 5.91 Å². The SMILES string of the molecule is COc1ccc(/C=N\NC(=O)COc2c(Br)cc(Br)cc2OC)c(OC)c1. The largest absolute Gasteiger partial charge is 0.497 e. The predicted octanol–water partition coefficient (Wildman–Crippen LogP) is 3.77. The van der Waals surface area contributed by atoms with Crippen LogP contribution in [0.3, 0.4) is 0 Å². The van der Waals surface area contributed by atoms with Gasteiger partial charge in [0.05, 0.1) is 32.0 Å². The highest BCUT2D eigenvalue weighted by Gasteiger charge is 2.12. The Morgan fingerprint density at radius 2 is 1.81 bits per heavy atom. The Labute approximate surface area is 173 Å². The summed E-state index contributed by atoms with van der Waals surface area (Å²) in [6, 6.07) is 8.80. The summed E-state index contributed by atoms with van der Waals surface area (Å²) in [5, 5.41) is 3.92. The maximum atomic E-state index is 12.0. The zero-order valence-electron chi connectivity index (χ0n) is 14.9. The topological polar surface area (TPSA) is 78.4 Å². The van der Waals surface area contributed by atoms with Gasteiger partial charge in [-0.25, -0.2) is 5.43 Å². The lowest BCUT2D eigenvalue weighted by molar-refractivity contribution is -0.123. The number of carbonyl (C=O) groups excluding carboxylic acids is 1. The van der Waals surface area contributed by atoms with Gasteiger partial charge in [-0.15, -0.1) is 0 Å². The molecule has 1 N–H and O–H groups in total. The molecule has 0 heterocycles. The van der Waals surface area contributed by atoms with Crippen LogP contribution in [0, 0.1) is 0 Å². The van der Waals surface area contributed by atoms with Gasteiger partial charge in [0.2, 0.25) is 0 Å². The normalized spacial score (nSPS) is 10.6. The second-order valence-electron chi connectivity index (χ2n) is 5.11. The molecule has 7 nitrogen and oxygen atoms in total. The summed E-state index contributed by atoms with van der Waals surface area (Å²) in [4.78, 5) is 12.0. The van der Waals surface area contributed by atoms with Crippen molar-refractivity contribution in [3.63, 3.8) is 0 Å². The molecule has 27 heavy (non-hydrogen) atoms. The Morgan fingerprint density at radius 1 is 1.07 bits per heavy atom. The Kier molecular flexibility index (Phi) is 7.93. The van der Waals surface area contributed by atoms with E-state index in [1.807, 2.05) is 0 Å². The highest BCUT2D eigenvalue weighted by Crippen LogP contribution is 2.38. The van der Waals surface area contributed by atoms with Crippen LogP contribution in [-0.4, -0.2) is 40.1 Å². The molecule has 0 aromatic heterocycles. The first-order valence-electron chi connectivity index (χ1n) is 7.68. The van der Waals surface area contributed by atoms with Crippen molar-refractivity contribution in [3.8, 4) is 23.0 Å². The monoisotopic (exact) mass is 500 g/mol. The van der Waals surface area contributed by atoms with E-state index >= 15 is 0 Å². The number of hydrazone groups is 1. The molecule has 2 aromatic rings. The fraction of sp³-hybridized carbons (Fsp3) is 0.222. The van der Waals surface area contributed by atoms with Crippen molar-refractivity contribution < 1.29 is 23.7 Å². The number of halogens is 2. The van der Waals surface area contributed by atoms with Crippen LogP contribution in [0.1, 0.15) is 5.56 Å². The van der Waals surface area contributed by atoms with Gasteiger partial charge in [0.1, 0.15) is 11.5 Å². The van der Waals surface area contributed by atoms with Crippen molar-refractivity contribution in [2.75, 3.05) is 27.9 Å². The molecule has 0 saturated carbocycles. The molecule has 144 valence electrons. The third-order valence-corrected chi connectivity index (χ3v) is 4.42. The molecular weight excluding hydrogens is 484 g/mol. The highest BCUT2D eigenvalue weighted by atomic mass is 79.9.